The van der Waals surface area contributed by atoms with Crippen LogP contribution in [0.1, 0.15) is 34.8 Å². The van der Waals surface area contributed by atoms with E-state index < -0.39 is 0 Å². The summed E-state index contributed by atoms with van der Waals surface area (Å²) >= 11 is 0. The van der Waals surface area contributed by atoms with Crippen LogP contribution in [0, 0.1) is 31.6 Å². The number of carbonyl (C=O) groups excluding carboxylic acids is 3. The SMILES string of the molecule is Cc1cc(C)cc(NC(=O)c2ccccc2N2C(=O)[C@H]3[C@H](C)C=CC[C@@H]3C2=O)c1. The highest BCUT2D eigenvalue weighted by molar-refractivity contribution is 6.25. The van der Waals surface area contributed by atoms with Gasteiger partial charge in [-0.2, -0.15) is 0 Å². The molecule has 0 aromatic heterocycles. The molecule has 0 saturated carbocycles. The number of amides is 3. The van der Waals surface area contributed by atoms with Crippen LogP contribution in [0.5, 0.6) is 0 Å². The number of nitrogens with one attached hydrogen (secondary N) is 1. The van der Waals surface area contributed by atoms with Crippen LogP contribution in [-0.2, 0) is 9.59 Å². The highest BCUT2D eigenvalue weighted by Crippen LogP contribution is 2.41. The average molecular weight is 388 g/mol. The lowest BCUT2D eigenvalue weighted by Crippen LogP contribution is -2.33. The summed E-state index contributed by atoms with van der Waals surface area (Å²) < 4.78 is 0. The molecular weight excluding hydrogens is 364 g/mol. The normalized spacial score (nSPS) is 23.3. The zero-order chi connectivity index (χ0) is 20.7. The van der Waals surface area contributed by atoms with Gasteiger partial charge in [-0.3, -0.25) is 14.4 Å². The lowest BCUT2D eigenvalue weighted by Gasteiger charge is -2.22. The summed E-state index contributed by atoms with van der Waals surface area (Å²) in [7, 11) is 0. The number of para-hydroxylation sites is 1. The number of hydrogen-bond acceptors (Lipinski definition) is 3. The van der Waals surface area contributed by atoms with Crippen molar-refractivity contribution in [3.63, 3.8) is 0 Å². The molecule has 0 unspecified atom stereocenters. The third kappa shape index (κ3) is 3.37. The van der Waals surface area contributed by atoms with Gasteiger partial charge in [-0.1, -0.05) is 37.3 Å². The summed E-state index contributed by atoms with van der Waals surface area (Å²) in [5.41, 5.74) is 3.44. The molecule has 1 fully saturated rings. The van der Waals surface area contributed by atoms with Gasteiger partial charge in [-0.25, -0.2) is 4.90 Å². The minimum absolute atomic E-state index is 0.00598. The molecule has 2 aliphatic rings. The first-order valence-corrected chi connectivity index (χ1v) is 9.90. The number of rotatable bonds is 3. The zero-order valence-corrected chi connectivity index (χ0v) is 16.8. The highest BCUT2D eigenvalue weighted by Gasteiger charge is 2.51. The van der Waals surface area contributed by atoms with Crippen LogP contribution in [0.25, 0.3) is 0 Å². The fourth-order valence-electron chi connectivity index (χ4n) is 4.49. The predicted molar refractivity (Wildman–Crippen MR) is 113 cm³/mol. The first-order valence-electron chi connectivity index (χ1n) is 9.90. The highest BCUT2D eigenvalue weighted by atomic mass is 16.2. The van der Waals surface area contributed by atoms with Crippen molar-refractivity contribution in [2.45, 2.75) is 27.2 Å². The smallest absolute Gasteiger partial charge is 0.257 e. The van der Waals surface area contributed by atoms with E-state index in [9.17, 15) is 14.4 Å². The summed E-state index contributed by atoms with van der Waals surface area (Å²) in [5.74, 6) is -1.48. The van der Waals surface area contributed by atoms with Gasteiger partial charge < -0.3 is 5.32 Å². The van der Waals surface area contributed by atoms with Crippen LogP contribution in [0.3, 0.4) is 0 Å². The number of allylic oxidation sites excluding steroid dienone is 2. The molecule has 1 aliphatic heterocycles. The Kier molecular flexibility index (Phi) is 4.82. The molecule has 3 atom stereocenters. The third-order valence-corrected chi connectivity index (χ3v) is 5.74. The topological polar surface area (TPSA) is 66.5 Å². The fraction of sp³-hybridized carbons (Fsp3) is 0.292. The van der Waals surface area contributed by atoms with E-state index in [2.05, 4.69) is 5.32 Å². The number of imide groups is 1. The molecule has 0 spiro atoms. The van der Waals surface area contributed by atoms with Crippen molar-refractivity contribution < 1.29 is 14.4 Å². The van der Waals surface area contributed by atoms with Crippen LogP contribution >= 0.6 is 0 Å². The maximum Gasteiger partial charge on any atom is 0.257 e. The lowest BCUT2D eigenvalue weighted by atomic mass is 9.78. The van der Waals surface area contributed by atoms with Crippen LogP contribution in [0.2, 0.25) is 0 Å². The molecule has 148 valence electrons. The number of nitrogens with zero attached hydrogens (tertiary/aromatic N) is 1. The monoisotopic (exact) mass is 388 g/mol. The molecule has 0 bridgehead atoms. The Balaban J connectivity index is 1.68. The van der Waals surface area contributed by atoms with Crippen molar-refractivity contribution in [1.29, 1.82) is 0 Å². The van der Waals surface area contributed by atoms with Gasteiger partial charge in [0.1, 0.15) is 0 Å². The number of anilines is 2. The Morgan fingerprint density at radius 3 is 2.41 bits per heavy atom. The standard InChI is InChI=1S/C24H24N2O3/c1-14-11-15(2)13-17(12-14)25-22(27)18-8-4-5-10-20(18)26-23(28)19-9-6-7-16(3)21(19)24(26)29/h4-8,10-13,16,19,21H,9H2,1-3H3,(H,25,27)/t16-,19+,21+/m1/s1. The molecule has 2 aromatic rings. The summed E-state index contributed by atoms with van der Waals surface area (Å²) in [5, 5.41) is 2.90. The number of hydrogen-bond donors (Lipinski definition) is 1. The average Bonchev–Trinajstić information content (AvgIpc) is 2.92. The van der Waals surface area contributed by atoms with Gasteiger partial charge in [0.2, 0.25) is 11.8 Å². The predicted octanol–water partition coefficient (Wildman–Crippen LogP) is 4.26. The molecule has 1 saturated heterocycles. The second-order valence-electron chi connectivity index (χ2n) is 8.01. The molecule has 5 nitrogen and oxygen atoms in total. The van der Waals surface area contributed by atoms with E-state index in [0.717, 1.165) is 11.1 Å². The van der Waals surface area contributed by atoms with Crippen LogP contribution in [0.4, 0.5) is 11.4 Å². The molecule has 4 rings (SSSR count). The van der Waals surface area contributed by atoms with Crippen LogP contribution in [-0.4, -0.2) is 17.7 Å². The van der Waals surface area contributed by atoms with Gasteiger partial charge in [0.25, 0.3) is 5.91 Å². The summed E-state index contributed by atoms with van der Waals surface area (Å²) in [6, 6.07) is 12.6. The minimum atomic E-state index is -0.358. The van der Waals surface area contributed by atoms with Crippen LogP contribution < -0.4 is 10.2 Å². The van der Waals surface area contributed by atoms with Gasteiger partial charge in [0.15, 0.2) is 0 Å². The van der Waals surface area contributed by atoms with E-state index in [1.165, 1.54) is 4.90 Å². The van der Waals surface area contributed by atoms with E-state index in [0.29, 0.717) is 23.4 Å². The van der Waals surface area contributed by atoms with Crippen molar-refractivity contribution in [3.8, 4) is 0 Å². The Labute approximate surface area is 170 Å². The van der Waals surface area contributed by atoms with Crippen molar-refractivity contribution >= 4 is 29.1 Å². The summed E-state index contributed by atoms with van der Waals surface area (Å²) in [4.78, 5) is 40.4. The molecule has 29 heavy (non-hydrogen) atoms. The molecule has 1 N–H and O–H groups in total. The molecule has 2 aromatic carbocycles. The third-order valence-electron chi connectivity index (χ3n) is 5.74. The molecule has 5 heteroatoms. The van der Waals surface area contributed by atoms with Gasteiger partial charge in [0.05, 0.1) is 23.1 Å². The quantitative estimate of drug-likeness (QED) is 0.631. The largest absolute Gasteiger partial charge is 0.322 e. The van der Waals surface area contributed by atoms with E-state index in [-0.39, 0.29) is 35.5 Å². The minimum Gasteiger partial charge on any atom is -0.322 e. The fourth-order valence-corrected chi connectivity index (χ4v) is 4.49. The first-order chi connectivity index (χ1) is 13.9. The Hall–Kier alpha value is -3.21. The van der Waals surface area contributed by atoms with Crippen molar-refractivity contribution in [2.75, 3.05) is 10.2 Å². The second-order valence-corrected chi connectivity index (χ2v) is 8.01. The van der Waals surface area contributed by atoms with Crippen LogP contribution in [0.15, 0.2) is 54.6 Å². The molecule has 0 radical (unpaired) electrons. The van der Waals surface area contributed by atoms with Crippen molar-refractivity contribution in [1.82, 2.24) is 0 Å². The second kappa shape index (κ2) is 7.32. The Bertz CT molecular complexity index is 1020. The number of benzene rings is 2. The Morgan fingerprint density at radius 1 is 1.03 bits per heavy atom. The Morgan fingerprint density at radius 2 is 1.72 bits per heavy atom. The van der Waals surface area contributed by atoms with E-state index in [1.54, 1.807) is 24.3 Å². The van der Waals surface area contributed by atoms with E-state index >= 15 is 0 Å². The molecular formula is C24H24N2O3. The zero-order valence-electron chi connectivity index (χ0n) is 16.8. The van der Waals surface area contributed by atoms with E-state index in [1.807, 2.05) is 51.1 Å². The first kappa shape index (κ1) is 19.1. The molecule has 3 amide bonds. The molecule has 1 heterocycles. The summed E-state index contributed by atoms with van der Waals surface area (Å²) in [6.07, 6.45) is 4.53. The van der Waals surface area contributed by atoms with Crippen molar-refractivity contribution in [3.05, 3.63) is 71.3 Å². The lowest BCUT2D eigenvalue weighted by molar-refractivity contribution is -0.122. The van der Waals surface area contributed by atoms with Gasteiger partial charge in [-0.05, 0) is 61.6 Å². The maximum atomic E-state index is 13.1. The number of aryl methyl sites for hydroxylation is 2. The summed E-state index contributed by atoms with van der Waals surface area (Å²) in [6.45, 7) is 5.89. The van der Waals surface area contributed by atoms with Gasteiger partial charge in [0, 0.05) is 5.69 Å². The van der Waals surface area contributed by atoms with Crippen molar-refractivity contribution in [2.24, 2.45) is 17.8 Å². The number of fused-ring (bicyclic) bond motifs is 1. The van der Waals surface area contributed by atoms with Gasteiger partial charge in [-0.15, -0.1) is 0 Å². The molecule has 1 aliphatic carbocycles. The van der Waals surface area contributed by atoms with Gasteiger partial charge >= 0.3 is 0 Å². The number of carbonyl (C=O) groups is 3. The van der Waals surface area contributed by atoms with E-state index in [4.69, 9.17) is 0 Å². The maximum absolute atomic E-state index is 13.1.